The van der Waals surface area contributed by atoms with Crippen LogP contribution in [-0.2, 0) is 16.1 Å². The van der Waals surface area contributed by atoms with Gasteiger partial charge in [-0.2, -0.15) is 0 Å². The van der Waals surface area contributed by atoms with Crippen LogP contribution in [0, 0.1) is 12.7 Å². The van der Waals surface area contributed by atoms with Crippen LogP contribution in [-0.4, -0.2) is 18.5 Å². The predicted molar refractivity (Wildman–Crippen MR) is 95.1 cm³/mol. The van der Waals surface area contributed by atoms with Gasteiger partial charge in [0.2, 0.25) is 0 Å². The summed E-state index contributed by atoms with van der Waals surface area (Å²) in [7, 11) is 0. The first-order chi connectivity index (χ1) is 12.1. The van der Waals surface area contributed by atoms with Gasteiger partial charge < -0.3 is 10.1 Å². The molecule has 4 nitrogen and oxygen atoms in total. The standard InChI is InChI=1S/C19H16FNO3S/c1-12-14-7-3-5-9-16(14)25-18(12)19(23)24-11-17(22)21-10-13-6-2-4-8-15(13)20/h2-9H,10-11H2,1H3,(H,21,22). The first-order valence-corrected chi connectivity index (χ1v) is 8.53. The van der Waals surface area contributed by atoms with Crippen LogP contribution >= 0.6 is 11.3 Å². The molecule has 0 saturated heterocycles. The molecule has 0 aliphatic rings. The molecule has 1 N–H and O–H groups in total. The van der Waals surface area contributed by atoms with E-state index in [9.17, 15) is 14.0 Å². The number of hydrogen-bond donors (Lipinski definition) is 1. The summed E-state index contributed by atoms with van der Waals surface area (Å²) in [6.07, 6.45) is 0. The van der Waals surface area contributed by atoms with Gasteiger partial charge in [-0.1, -0.05) is 36.4 Å². The van der Waals surface area contributed by atoms with Gasteiger partial charge in [-0.05, 0) is 30.0 Å². The number of nitrogens with one attached hydrogen (secondary N) is 1. The molecule has 1 amide bonds. The van der Waals surface area contributed by atoms with E-state index in [2.05, 4.69) is 5.32 Å². The van der Waals surface area contributed by atoms with Crippen molar-refractivity contribution in [2.24, 2.45) is 0 Å². The lowest BCUT2D eigenvalue weighted by Gasteiger charge is -2.07. The second kappa shape index (κ2) is 7.44. The Balaban J connectivity index is 1.57. The van der Waals surface area contributed by atoms with Gasteiger partial charge in [0, 0.05) is 16.8 Å². The molecule has 0 radical (unpaired) electrons. The van der Waals surface area contributed by atoms with E-state index in [1.165, 1.54) is 17.4 Å². The molecule has 3 rings (SSSR count). The van der Waals surface area contributed by atoms with Gasteiger partial charge in [0.25, 0.3) is 5.91 Å². The predicted octanol–water partition coefficient (Wildman–Crippen LogP) is 3.82. The smallest absolute Gasteiger partial charge is 0.349 e. The Morgan fingerprint density at radius 3 is 2.60 bits per heavy atom. The second-order valence-corrected chi connectivity index (χ2v) is 6.55. The van der Waals surface area contributed by atoms with Gasteiger partial charge in [0.15, 0.2) is 6.61 Å². The average Bonchev–Trinajstić information content (AvgIpc) is 2.96. The number of fused-ring (bicyclic) bond motifs is 1. The number of halogens is 1. The minimum atomic E-state index is -0.528. The number of amides is 1. The molecule has 0 spiro atoms. The number of esters is 1. The number of ether oxygens (including phenoxy) is 1. The van der Waals surface area contributed by atoms with Gasteiger partial charge in [0.1, 0.15) is 10.7 Å². The molecule has 0 bridgehead atoms. The summed E-state index contributed by atoms with van der Waals surface area (Å²) >= 11 is 1.34. The largest absolute Gasteiger partial charge is 0.451 e. The molecule has 0 fully saturated rings. The molecule has 1 aromatic heterocycles. The topological polar surface area (TPSA) is 55.4 Å². The Morgan fingerprint density at radius 2 is 1.84 bits per heavy atom. The molecule has 0 atom stereocenters. The van der Waals surface area contributed by atoms with Crippen LogP contribution in [0.3, 0.4) is 0 Å². The molecule has 0 aliphatic carbocycles. The molecular weight excluding hydrogens is 341 g/mol. The van der Waals surface area contributed by atoms with E-state index in [0.29, 0.717) is 10.4 Å². The number of aryl methyl sites for hydroxylation is 1. The van der Waals surface area contributed by atoms with Gasteiger partial charge >= 0.3 is 5.97 Å². The maximum atomic E-state index is 13.5. The monoisotopic (exact) mass is 357 g/mol. The minimum absolute atomic E-state index is 0.0466. The lowest BCUT2D eigenvalue weighted by molar-refractivity contribution is -0.124. The number of benzene rings is 2. The van der Waals surface area contributed by atoms with Gasteiger partial charge in [-0.25, -0.2) is 9.18 Å². The number of hydrogen-bond acceptors (Lipinski definition) is 4. The molecule has 0 saturated carbocycles. The third kappa shape index (κ3) is 3.85. The van der Waals surface area contributed by atoms with Crippen molar-refractivity contribution < 1.29 is 18.7 Å². The zero-order chi connectivity index (χ0) is 17.8. The van der Waals surface area contributed by atoms with E-state index < -0.39 is 18.5 Å². The van der Waals surface area contributed by atoms with Crippen molar-refractivity contribution in [3.63, 3.8) is 0 Å². The molecule has 0 unspecified atom stereocenters. The Hall–Kier alpha value is -2.73. The fourth-order valence-electron chi connectivity index (χ4n) is 2.45. The zero-order valence-corrected chi connectivity index (χ0v) is 14.4. The van der Waals surface area contributed by atoms with Crippen molar-refractivity contribution in [3.05, 3.63) is 70.4 Å². The van der Waals surface area contributed by atoms with E-state index in [4.69, 9.17) is 4.74 Å². The third-order valence-corrected chi connectivity index (χ3v) is 5.05. The van der Waals surface area contributed by atoms with Crippen LogP contribution < -0.4 is 5.32 Å². The first kappa shape index (κ1) is 17.1. The van der Waals surface area contributed by atoms with Crippen molar-refractivity contribution in [1.29, 1.82) is 0 Å². The van der Waals surface area contributed by atoms with Gasteiger partial charge in [-0.3, -0.25) is 4.79 Å². The maximum absolute atomic E-state index is 13.5. The lowest BCUT2D eigenvalue weighted by atomic mass is 10.1. The molecule has 128 valence electrons. The number of carbonyl (C=O) groups excluding carboxylic acids is 2. The SMILES string of the molecule is Cc1c(C(=O)OCC(=O)NCc2ccccc2F)sc2ccccc12. The molecule has 25 heavy (non-hydrogen) atoms. The van der Waals surface area contributed by atoms with E-state index in [1.807, 2.05) is 31.2 Å². The molecule has 2 aromatic carbocycles. The van der Waals surface area contributed by atoms with Crippen molar-refractivity contribution in [2.75, 3.05) is 6.61 Å². The molecule has 3 aromatic rings. The fraction of sp³-hybridized carbons (Fsp3) is 0.158. The first-order valence-electron chi connectivity index (χ1n) is 7.71. The highest BCUT2D eigenvalue weighted by Crippen LogP contribution is 2.30. The van der Waals surface area contributed by atoms with Gasteiger partial charge in [0.05, 0.1) is 0 Å². The Morgan fingerprint density at radius 1 is 1.12 bits per heavy atom. The Kier molecular flexibility index (Phi) is 5.09. The van der Waals surface area contributed by atoms with Crippen LogP contribution in [0.4, 0.5) is 4.39 Å². The molecule has 0 aliphatic heterocycles. The minimum Gasteiger partial charge on any atom is -0.451 e. The summed E-state index contributed by atoms with van der Waals surface area (Å²) in [6, 6.07) is 13.9. The van der Waals surface area contributed by atoms with Crippen molar-refractivity contribution in [2.45, 2.75) is 13.5 Å². The average molecular weight is 357 g/mol. The summed E-state index contributed by atoms with van der Waals surface area (Å²) < 4.78 is 19.6. The zero-order valence-electron chi connectivity index (χ0n) is 13.5. The molecule has 6 heteroatoms. The van der Waals surface area contributed by atoms with E-state index >= 15 is 0 Å². The summed E-state index contributed by atoms with van der Waals surface area (Å²) in [5.74, 6) is -1.39. The Bertz CT molecular complexity index is 935. The van der Waals surface area contributed by atoms with Crippen LogP contribution in [0.1, 0.15) is 20.8 Å². The lowest BCUT2D eigenvalue weighted by Crippen LogP contribution is -2.28. The van der Waals surface area contributed by atoms with Crippen molar-refractivity contribution >= 4 is 33.3 Å². The summed E-state index contributed by atoms with van der Waals surface area (Å²) in [5, 5.41) is 3.54. The number of carbonyl (C=O) groups is 2. The van der Waals surface area contributed by atoms with Crippen LogP contribution in [0.15, 0.2) is 48.5 Å². The van der Waals surface area contributed by atoms with Crippen LogP contribution in [0.25, 0.3) is 10.1 Å². The maximum Gasteiger partial charge on any atom is 0.349 e. The summed E-state index contributed by atoms with van der Waals surface area (Å²) in [4.78, 5) is 24.5. The third-order valence-electron chi connectivity index (χ3n) is 3.80. The fourth-order valence-corrected chi connectivity index (χ4v) is 3.56. The number of rotatable bonds is 5. The number of thiophene rings is 1. The van der Waals surface area contributed by atoms with E-state index in [1.54, 1.807) is 18.2 Å². The Labute approximate surface area is 148 Å². The molecule has 1 heterocycles. The molecular formula is C19H16FNO3S. The van der Waals surface area contributed by atoms with E-state index in [0.717, 1.165) is 15.6 Å². The normalized spacial score (nSPS) is 10.6. The highest BCUT2D eigenvalue weighted by atomic mass is 32.1. The summed E-state index contributed by atoms with van der Waals surface area (Å²) in [5.41, 5.74) is 1.22. The highest BCUT2D eigenvalue weighted by molar-refractivity contribution is 7.21. The highest BCUT2D eigenvalue weighted by Gasteiger charge is 2.17. The van der Waals surface area contributed by atoms with E-state index in [-0.39, 0.29) is 12.4 Å². The summed E-state index contributed by atoms with van der Waals surface area (Å²) in [6.45, 7) is 1.50. The second-order valence-electron chi connectivity index (χ2n) is 5.50. The van der Waals surface area contributed by atoms with Crippen LogP contribution in [0.5, 0.6) is 0 Å². The van der Waals surface area contributed by atoms with Crippen molar-refractivity contribution in [1.82, 2.24) is 5.32 Å². The quantitative estimate of drug-likeness (QED) is 0.706. The van der Waals surface area contributed by atoms with Gasteiger partial charge in [-0.15, -0.1) is 11.3 Å². The van der Waals surface area contributed by atoms with Crippen LogP contribution in [0.2, 0.25) is 0 Å². The van der Waals surface area contributed by atoms with Crippen molar-refractivity contribution in [3.8, 4) is 0 Å².